The van der Waals surface area contributed by atoms with Gasteiger partial charge in [0, 0.05) is 12.5 Å². The van der Waals surface area contributed by atoms with Crippen molar-refractivity contribution in [2.45, 2.75) is 83.7 Å². The van der Waals surface area contributed by atoms with E-state index in [-0.39, 0.29) is 12.5 Å². The first-order chi connectivity index (χ1) is 14.5. The van der Waals surface area contributed by atoms with E-state index in [9.17, 15) is 14.7 Å². The van der Waals surface area contributed by atoms with Crippen LogP contribution in [0.2, 0.25) is 0 Å². The molecule has 1 aliphatic rings. The highest BCUT2D eigenvalue weighted by Gasteiger charge is 2.47. The molecular formula is C24H37NO5. The molecule has 0 bridgehead atoms. The lowest BCUT2D eigenvalue weighted by atomic mass is 9.92. The third kappa shape index (κ3) is 6.73. The summed E-state index contributed by atoms with van der Waals surface area (Å²) in [6.45, 7) is 3.78. The van der Waals surface area contributed by atoms with Crippen molar-refractivity contribution in [1.29, 1.82) is 0 Å². The number of fused-ring (bicyclic) bond motifs is 1. The SMILES string of the molecule is CCCCCCCCCCCCOc1cccc2c1C(=O)O[C@]2(CO)CNC(C)=O. The second kappa shape index (κ2) is 12.6. The lowest BCUT2D eigenvalue weighted by molar-refractivity contribution is -0.120. The fourth-order valence-electron chi connectivity index (χ4n) is 3.87. The molecule has 0 saturated carbocycles. The first-order valence-electron chi connectivity index (χ1n) is 11.4. The molecule has 1 amide bonds. The fraction of sp³-hybridized carbons (Fsp3) is 0.667. The number of esters is 1. The maximum absolute atomic E-state index is 12.5. The number of nitrogens with one attached hydrogen (secondary N) is 1. The third-order valence-corrected chi connectivity index (χ3v) is 5.64. The molecule has 6 nitrogen and oxygen atoms in total. The first kappa shape index (κ1) is 24.2. The Balaban J connectivity index is 1.79. The van der Waals surface area contributed by atoms with Crippen LogP contribution in [0.3, 0.4) is 0 Å². The second-order valence-electron chi connectivity index (χ2n) is 8.16. The Labute approximate surface area is 180 Å². The molecule has 0 saturated heterocycles. The van der Waals surface area contributed by atoms with Crippen molar-refractivity contribution < 1.29 is 24.2 Å². The topological polar surface area (TPSA) is 84.9 Å². The molecule has 1 aromatic carbocycles. The monoisotopic (exact) mass is 419 g/mol. The van der Waals surface area contributed by atoms with E-state index in [0.717, 1.165) is 12.8 Å². The zero-order valence-corrected chi connectivity index (χ0v) is 18.5. The third-order valence-electron chi connectivity index (χ3n) is 5.64. The summed E-state index contributed by atoms with van der Waals surface area (Å²) in [6.07, 6.45) is 12.5. The van der Waals surface area contributed by atoms with Crippen LogP contribution in [0.5, 0.6) is 5.75 Å². The predicted molar refractivity (Wildman–Crippen MR) is 117 cm³/mol. The van der Waals surface area contributed by atoms with Gasteiger partial charge in [-0.25, -0.2) is 4.79 Å². The highest BCUT2D eigenvalue weighted by Crippen LogP contribution is 2.40. The van der Waals surface area contributed by atoms with Crippen LogP contribution in [0.25, 0.3) is 0 Å². The van der Waals surface area contributed by atoms with E-state index in [1.807, 2.05) is 0 Å². The van der Waals surface area contributed by atoms with Crippen molar-refractivity contribution in [3.8, 4) is 5.75 Å². The number of benzene rings is 1. The van der Waals surface area contributed by atoms with Crippen LogP contribution in [0.1, 0.15) is 94.0 Å². The van der Waals surface area contributed by atoms with Gasteiger partial charge in [-0.1, -0.05) is 76.8 Å². The number of aliphatic hydroxyl groups is 1. The Morgan fingerprint density at radius 2 is 1.70 bits per heavy atom. The van der Waals surface area contributed by atoms with Gasteiger partial charge < -0.3 is 19.9 Å². The number of carbonyl (C=O) groups is 2. The summed E-state index contributed by atoms with van der Waals surface area (Å²) in [4.78, 5) is 23.8. The van der Waals surface area contributed by atoms with Crippen LogP contribution in [0.4, 0.5) is 0 Å². The molecule has 0 fully saturated rings. The summed E-state index contributed by atoms with van der Waals surface area (Å²) in [5.74, 6) is -0.296. The average Bonchev–Trinajstić information content (AvgIpc) is 3.03. The molecule has 1 atom stereocenters. The van der Waals surface area contributed by atoms with Gasteiger partial charge in [-0.15, -0.1) is 0 Å². The first-order valence-corrected chi connectivity index (χ1v) is 11.4. The molecule has 0 unspecified atom stereocenters. The number of cyclic esters (lactones) is 1. The number of hydrogen-bond donors (Lipinski definition) is 2. The number of hydrogen-bond acceptors (Lipinski definition) is 5. The predicted octanol–water partition coefficient (Wildman–Crippen LogP) is 4.48. The Hall–Kier alpha value is -2.08. The van der Waals surface area contributed by atoms with E-state index < -0.39 is 18.2 Å². The van der Waals surface area contributed by atoms with Crippen molar-refractivity contribution in [2.24, 2.45) is 0 Å². The van der Waals surface area contributed by atoms with E-state index in [4.69, 9.17) is 9.47 Å². The van der Waals surface area contributed by atoms with E-state index in [1.54, 1.807) is 18.2 Å². The number of amides is 1. The molecule has 2 N–H and O–H groups in total. The molecule has 1 heterocycles. The van der Waals surface area contributed by atoms with Crippen LogP contribution in [-0.4, -0.2) is 36.7 Å². The molecular weight excluding hydrogens is 382 g/mol. The molecule has 0 aliphatic carbocycles. The van der Waals surface area contributed by atoms with Crippen molar-refractivity contribution >= 4 is 11.9 Å². The smallest absolute Gasteiger partial charge is 0.343 e. The molecule has 0 spiro atoms. The van der Waals surface area contributed by atoms with E-state index in [0.29, 0.717) is 23.5 Å². The number of carbonyl (C=O) groups excluding carboxylic acids is 2. The zero-order valence-electron chi connectivity index (χ0n) is 18.5. The van der Waals surface area contributed by atoms with Crippen molar-refractivity contribution in [2.75, 3.05) is 19.8 Å². The summed E-state index contributed by atoms with van der Waals surface area (Å²) in [5, 5.41) is 12.5. The van der Waals surface area contributed by atoms with E-state index in [2.05, 4.69) is 12.2 Å². The van der Waals surface area contributed by atoms with Crippen molar-refractivity contribution in [3.05, 3.63) is 29.3 Å². The van der Waals surface area contributed by atoms with E-state index in [1.165, 1.54) is 58.3 Å². The van der Waals surface area contributed by atoms with Gasteiger partial charge in [0.25, 0.3) is 0 Å². The number of rotatable bonds is 15. The van der Waals surface area contributed by atoms with Gasteiger partial charge in [0.1, 0.15) is 11.3 Å². The Kier molecular flexibility index (Phi) is 10.1. The summed E-state index contributed by atoms with van der Waals surface area (Å²) in [5.41, 5.74) is -0.345. The van der Waals surface area contributed by atoms with Gasteiger partial charge in [0.05, 0.1) is 19.8 Å². The van der Waals surface area contributed by atoms with Gasteiger partial charge in [0.15, 0.2) is 5.60 Å². The minimum absolute atomic E-state index is 0.0273. The molecule has 30 heavy (non-hydrogen) atoms. The van der Waals surface area contributed by atoms with Gasteiger partial charge in [-0.05, 0) is 12.5 Å². The van der Waals surface area contributed by atoms with Crippen LogP contribution >= 0.6 is 0 Å². The largest absolute Gasteiger partial charge is 0.493 e. The van der Waals surface area contributed by atoms with Crippen LogP contribution < -0.4 is 10.1 Å². The summed E-state index contributed by atoms with van der Waals surface area (Å²) < 4.78 is 11.4. The molecule has 168 valence electrons. The average molecular weight is 420 g/mol. The highest BCUT2D eigenvalue weighted by molar-refractivity contribution is 5.97. The standard InChI is InChI=1S/C24H37NO5/c1-3-4-5-6-7-8-9-10-11-12-16-29-21-15-13-14-20-22(21)23(28)30-24(20,18-26)17-25-19(2)27/h13-15,26H,3-12,16-18H2,1-2H3,(H,25,27)/t24-/m0/s1. The normalized spacial score (nSPS) is 17.5. The lowest BCUT2D eigenvalue weighted by Crippen LogP contribution is -2.43. The zero-order chi connectivity index (χ0) is 21.8. The maximum Gasteiger partial charge on any atom is 0.343 e. The molecule has 2 rings (SSSR count). The number of unbranched alkanes of at least 4 members (excludes halogenated alkanes) is 9. The molecule has 1 aliphatic heterocycles. The molecule has 6 heteroatoms. The molecule has 0 aromatic heterocycles. The van der Waals surface area contributed by atoms with E-state index >= 15 is 0 Å². The Morgan fingerprint density at radius 1 is 1.07 bits per heavy atom. The van der Waals surface area contributed by atoms with Crippen LogP contribution in [0, 0.1) is 0 Å². The number of ether oxygens (including phenoxy) is 2. The highest BCUT2D eigenvalue weighted by atomic mass is 16.6. The fourth-order valence-corrected chi connectivity index (χ4v) is 3.87. The van der Waals surface area contributed by atoms with Gasteiger partial charge in [0.2, 0.25) is 5.91 Å². The minimum atomic E-state index is -1.26. The van der Waals surface area contributed by atoms with Crippen molar-refractivity contribution in [1.82, 2.24) is 5.32 Å². The summed E-state index contributed by atoms with van der Waals surface area (Å²) in [7, 11) is 0. The molecule has 0 radical (unpaired) electrons. The maximum atomic E-state index is 12.5. The minimum Gasteiger partial charge on any atom is -0.493 e. The van der Waals surface area contributed by atoms with Crippen molar-refractivity contribution in [3.63, 3.8) is 0 Å². The van der Waals surface area contributed by atoms with Gasteiger partial charge >= 0.3 is 5.97 Å². The lowest BCUT2D eigenvalue weighted by Gasteiger charge is -2.26. The summed E-state index contributed by atoms with van der Waals surface area (Å²) >= 11 is 0. The van der Waals surface area contributed by atoms with Gasteiger partial charge in [-0.2, -0.15) is 0 Å². The Bertz CT molecular complexity index is 690. The number of aliphatic hydroxyl groups excluding tert-OH is 1. The quantitative estimate of drug-likeness (QED) is 0.323. The Morgan fingerprint density at radius 3 is 2.30 bits per heavy atom. The molecule has 1 aromatic rings. The second-order valence-corrected chi connectivity index (χ2v) is 8.16. The summed E-state index contributed by atoms with van der Waals surface area (Å²) in [6, 6.07) is 5.28. The van der Waals surface area contributed by atoms with Crippen LogP contribution in [0.15, 0.2) is 18.2 Å². The van der Waals surface area contributed by atoms with Gasteiger partial charge in [-0.3, -0.25) is 4.79 Å². The van der Waals surface area contributed by atoms with Crippen LogP contribution in [-0.2, 0) is 15.1 Å².